The molecule has 2 heterocycles. The van der Waals surface area contributed by atoms with Crippen molar-refractivity contribution in [3.63, 3.8) is 0 Å². The minimum atomic E-state index is -0.251. The monoisotopic (exact) mass is 519 g/mol. The Bertz CT molecular complexity index is 1110. The minimum Gasteiger partial charge on any atom is -0.469 e. The Morgan fingerprint density at radius 2 is 1.53 bits per heavy atom. The van der Waals surface area contributed by atoms with Gasteiger partial charge < -0.3 is 19.3 Å². The Kier molecular flexibility index (Phi) is 8.15. The summed E-state index contributed by atoms with van der Waals surface area (Å²) in [6.07, 6.45) is 4.78. The van der Waals surface area contributed by atoms with Gasteiger partial charge in [-0.25, -0.2) is 9.59 Å². The molecule has 0 N–H and O–H groups in total. The molecule has 1 saturated carbocycles. The molecule has 0 aromatic heterocycles. The summed E-state index contributed by atoms with van der Waals surface area (Å²) >= 11 is 0. The number of hydrogen-bond donors (Lipinski definition) is 0. The number of amides is 3. The predicted octanol–water partition coefficient (Wildman–Crippen LogP) is 5.18. The molecule has 3 amide bonds. The number of nitrogens with zero attached hydrogens (tertiary/aromatic N) is 3. The number of methoxy groups -OCH3 is 1. The highest BCUT2D eigenvalue weighted by Gasteiger charge is 2.37. The molecule has 5 rings (SSSR count). The molecule has 0 bridgehead atoms. The highest BCUT2D eigenvalue weighted by atomic mass is 16.6. The quantitative estimate of drug-likeness (QED) is 0.492. The molecule has 202 valence electrons. The van der Waals surface area contributed by atoms with E-state index in [4.69, 9.17) is 9.47 Å². The molecule has 0 atom stereocenters. The van der Waals surface area contributed by atoms with Gasteiger partial charge >= 0.3 is 18.1 Å². The van der Waals surface area contributed by atoms with Gasteiger partial charge in [0.25, 0.3) is 0 Å². The molecule has 2 aliphatic heterocycles. The first-order valence-corrected chi connectivity index (χ1v) is 13.7. The van der Waals surface area contributed by atoms with Crippen LogP contribution in [0.2, 0.25) is 0 Å². The topological polar surface area (TPSA) is 79.4 Å². The van der Waals surface area contributed by atoms with E-state index >= 15 is 0 Å². The number of esters is 1. The van der Waals surface area contributed by atoms with E-state index in [9.17, 15) is 14.4 Å². The summed E-state index contributed by atoms with van der Waals surface area (Å²) in [7, 11) is 1.44. The number of ether oxygens (including phenoxy) is 2. The zero-order valence-corrected chi connectivity index (χ0v) is 22.1. The van der Waals surface area contributed by atoms with Gasteiger partial charge in [0.2, 0.25) is 0 Å². The second-order valence-electron chi connectivity index (χ2n) is 10.5. The van der Waals surface area contributed by atoms with E-state index in [2.05, 4.69) is 12.1 Å². The lowest BCUT2D eigenvalue weighted by Crippen LogP contribution is -2.42. The van der Waals surface area contributed by atoms with Gasteiger partial charge in [-0.2, -0.15) is 0 Å². The third-order valence-electron chi connectivity index (χ3n) is 8.35. The zero-order valence-electron chi connectivity index (χ0n) is 22.1. The van der Waals surface area contributed by atoms with E-state index in [1.165, 1.54) is 12.7 Å². The maximum Gasteiger partial charge on any atom is 0.410 e. The van der Waals surface area contributed by atoms with E-state index in [-0.39, 0.29) is 30.1 Å². The van der Waals surface area contributed by atoms with Gasteiger partial charge in [-0.3, -0.25) is 9.69 Å². The van der Waals surface area contributed by atoms with Crippen molar-refractivity contribution in [1.29, 1.82) is 0 Å². The molecule has 0 unspecified atom stereocenters. The van der Waals surface area contributed by atoms with Gasteiger partial charge in [-0.05, 0) is 67.7 Å². The van der Waals surface area contributed by atoms with Crippen molar-refractivity contribution in [3.8, 4) is 0 Å². The van der Waals surface area contributed by atoms with Crippen LogP contribution in [0.4, 0.5) is 15.3 Å². The number of carbonyl (C=O) groups excluding carboxylic acids is 3. The number of carbonyl (C=O) groups is 3. The zero-order chi connectivity index (χ0) is 26.5. The summed E-state index contributed by atoms with van der Waals surface area (Å²) in [6.45, 7) is 3.05. The number of likely N-dealkylation sites (tertiary alicyclic amines) is 1. The number of anilines is 1. The van der Waals surface area contributed by atoms with E-state index < -0.39 is 0 Å². The van der Waals surface area contributed by atoms with Crippen LogP contribution in [0.25, 0.3) is 0 Å². The number of rotatable bonds is 6. The Labute approximate surface area is 224 Å². The summed E-state index contributed by atoms with van der Waals surface area (Å²) in [5.41, 5.74) is 3.16. The summed E-state index contributed by atoms with van der Waals surface area (Å²) < 4.78 is 10.4. The van der Waals surface area contributed by atoms with Crippen LogP contribution < -0.4 is 4.90 Å². The highest BCUT2D eigenvalue weighted by Crippen LogP contribution is 2.33. The molecule has 3 fully saturated rings. The Morgan fingerprint density at radius 1 is 0.842 bits per heavy atom. The minimum absolute atomic E-state index is 0.0376. The van der Waals surface area contributed by atoms with Crippen molar-refractivity contribution in [1.82, 2.24) is 9.80 Å². The SMILES string of the molecule is COC(=O)[C@H]1CC[C@H](N2CCN(c3ccc(C4CCN(C(=O)OCc5ccccc5)CC4)cc3)C2=O)CC1. The van der Waals surface area contributed by atoms with Gasteiger partial charge in [-0.1, -0.05) is 42.5 Å². The number of urea groups is 1. The van der Waals surface area contributed by atoms with E-state index in [0.717, 1.165) is 49.8 Å². The highest BCUT2D eigenvalue weighted by molar-refractivity contribution is 5.94. The largest absolute Gasteiger partial charge is 0.469 e. The smallest absolute Gasteiger partial charge is 0.410 e. The van der Waals surface area contributed by atoms with Crippen molar-refractivity contribution in [2.24, 2.45) is 5.92 Å². The van der Waals surface area contributed by atoms with Crippen molar-refractivity contribution < 1.29 is 23.9 Å². The normalized spacial score (nSPS) is 22.4. The molecule has 8 heteroatoms. The molecular weight excluding hydrogens is 482 g/mol. The molecule has 8 nitrogen and oxygen atoms in total. The third-order valence-corrected chi connectivity index (χ3v) is 8.35. The standard InChI is InChI=1S/C30H37N3O5/c1-37-28(34)25-9-13-27(14-10-25)33-20-19-32(29(33)35)26-11-7-23(8-12-26)24-15-17-31(18-16-24)30(36)38-21-22-5-3-2-4-6-22/h2-8,11-12,24-25,27H,9-10,13-21H2,1H3/t25-,27-. The van der Waals surface area contributed by atoms with Gasteiger partial charge in [0.15, 0.2) is 0 Å². The average Bonchev–Trinajstić information content (AvgIpc) is 3.37. The van der Waals surface area contributed by atoms with Crippen LogP contribution in [-0.4, -0.2) is 67.2 Å². The first-order valence-electron chi connectivity index (χ1n) is 13.7. The van der Waals surface area contributed by atoms with E-state index in [1.807, 2.05) is 52.3 Å². The second kappa shape index (κ2) is 11.9. The second-order valence-corrected chi connectivity index (χ2v) is 10.5. The molecule has 0 spiro atoms. The fraction of sp³-hybridized carbons (Fsp3) is 0.500. The molecule has 2 saturated heterocycles. The maximum absolute atomic E-state index is 13.2. The number of piperidine rings is 1. The Balaban J connectivity index is 1.09. The van der Waals surface area contributed by atoms with Gasteiger partial charge in [0.05, 0.1) is 13.0 Å². The number of benzene rings is 2. The van der Waals surface area contributed by atoms with Crippen LogP contribution in [0.1, 0.15) is 55.6 Å². The average molecular weight is 520 g/mol. The summed E-state index contributed by atoms with van der Waals surface area (Å²) in [6, 6.07) is 18.3. The van der Waals surface area contributed by atoms with Gasteiger partial charge in [0.1, 0.15) is 6.61 Å². The molecule has 1 aliphatic carbocycles. The first-order chi connectivity index (χ1) is 18.5. The maximum atomic E-state index is 13.2. The summed E-state index contributed by atoms with van der Waals surface area (Å²) in [5, 5.41) is 0. The molecular formula is C30H37N3O5. The van der Waals surface area contributed by atoms with Crippen molar-refractivity contribution in [3.05, 3.63) is 65.7 Å². The lowest BCUT2D eigenvalue weighted by molar-refractivity contribution is -0.146. The van der Waals surface area contributed by atoms with Gasteiger partial charge in [0, 0.05) is 37.9 Å². The van der Waals surface area contributed by atoms with Crippen LogP contribution in [-0.2, 0) is 20.9 Å². The lowest BCUT2D eigenvalue weighted by atomic mass is 9.85. The summed E-state index contributed by atoms with van der Waals surface area (Å²) in [4.78, 5) is 43.2. The molecule has 38 heavy (non-hydrogen) atoms. The van der Waals surface area contributed by atoms with E-state index in [0.29, 0.717) is 38.7 Å². The third kappa shape index (κ3) is 5.79. The van der Waals surface area contributed by atoms with E-state index in [1.54, 1.807) is 4.90 Å². The predicted molar refractivity (Wildman–Crippen MR) is 144 cm³/mol. The fourth-order valence-electron chi connectivity index (χ4n) is 6.05. The Hall–Kier alpha value is -3.55. The van der Waals surface area contributed by atoms with Crippen LogP contribution in [0.5, 0.6) is 0 Å². The van der Waals surface area contributed by atoms with Crippen molar-refractivity contribution in [2.45, 2.75) is 57.1 Å². The first kappa shape index (κ1) is 26.1. The van der Waals surface area contributed by atoms with Crippen LogP contribution in [0, 0.1) is 5.92 Å². The van der Waals surface area contributed by atoms with Crippen LogP contribution in [0.15, 0.2) is 54.6 Å². The van der Waals surface area contributed by atoms with Crippen molar-refractivity contribution in [2.75, 3.05) is 38.2 Å². The van der Waals surface area contributed by atoms with Crippen LogP contribution >= 0.6 is 0 Å². The lowest BCUT2D eigenvalue weighted by Gasteiger charge is -2.33. The van der Waals surface area contributed by atoms with Gasteiger partial charge in [-0.15, -0.1) is 0 Å². The van der Waals surface area contributed by atoms with Crippen molar-refractivity contribution >= 4 is 23.8 Å². The molecule has 2 aromatic carbocycles. The molecule has 3 aliphatic rings. The van der Waals surface area contributed by atoms with Crippen LogP contribution in [0.3, 0.4) is 0 Å². The molecule has 0 radical (unpaired) electrons. The summed E-state index contributed by atoms with van der Waals surface area (Å²) in [5.74, 6) is 0.217. The molecule has 2 aromatic rings. The number of hydrogen-bond acceptors (Lipinski definition) is 5. The fourth-order valence-corrected chi connectivity index (χ4v) is 6.05. The Morgan fingerprint density at radius 3 is 2.18 bits per heavy atom.